The third kappa shape index (κ3) is 7.49. The fraction of sp³-hybridized carbons (Fsp3) is 0.364. The minimum atomic E-state index is -1.14. The second kappa shape index (κ2) is 18.7. The summed E-state index contributed by atoms with van der Waals surface area (Å²) in [6.45, 7) is 8.40. The lowest BCUT2D eigenvalue weighted by Gasteiger charge is -2.39. The van der Waals surface area contributed by atoms with E-state index in [0.29, 0.717) is 11.1 Å². The van der Waals surface area contributed by atoms with Gasteiger partial charge in [-0.3, -0.25) is 0 Å². The number of ether oxygens (including phenoxy) is 2. The van der Waals surface area contributed by atoms with Gasteiger partial charge in [0.1, 0.15) is 49.2 Å². The summed E-state index contributed by atoms with van der Waals surface area (Å²) in [5.74, 6) is -1.03. The van der Waals surface area contributed by atoms with E-state index in [0.717, 1.165) is 211 Å². The molecule has 0 fully saturated rings. The number of rotatable bonds is 6. The van der Waals surface area contributed by atoms with Gasteiger partial charge in [0.25, 0.3) is 0 Å². The van der Waals surface area contributed by atoms with Crippen molar-refractivity contribution < 1.29 is 49.1 Å². The van der Waals surface area contributed by atoms with Crippen LogP contribution >= 0.6 is 0 Å². The monoisotopic (exact) mass is 1070 g/mol. The number of carboxylic acid groups (broad SMARTS) is 4. The molecular formula is C66H62N4O10+2. The summed E-state index contributed by atoms with van der Waals surface area (Å²) in [5, 5.41) is 44.6. The Balaban J connectivity index is 0.000000138. The molecule has 0 saturated carbocycles. The smallest absolute Gasteiger partial charge is 0.336 e. The highest BCUT2D eigenvalue weighted by atomic mass is 16.5. The second-order valence-electron chi connectivity index (χ2n) is 23.4. The first-order chi connectivity index (χ1) is 39.0. The molecule has 80 heavy (non-hydrogen) atoms. The largest absolute Gasteiger partial charge is 0.478 e. The van der Waals surface area contributed by atoms with Gasteiger partial charge in [-0.25, -0.2) is 28.3 Å². The molecule has 14 nitrogen and oxygen atoms in total. The summed E-state index contributed by atoms with van der Waals surface area (Å²) < 4.78 is 19.0. The van der Waals surface area contributed by atoms with Crippen LogP contribution in [-0.2, 0) is 51.4 Å². The van der Waals surface area contributed by atoms with Gasteiger partial charge < -0.3 is 39.7 Å². The van der Waals surface area contributed by atoms with Gasteiger partial charge in [-0.05, 0) is 154 Å². The van der Waals surface area contributed by atoms with E-state index in [4.69, 9.17) is 9.47 Å². The van der Waals surface area contributed by atoms with Crippen LogP contribution in [0.4, 0.5) is 11.4 Å². The zero-order valence-electron chi connectivity index (χ0n) is 44.8. The van der Waals surface area contributed by atoms with E-state index in [1.165, 1.54) is 90.9 Å². The molecule has 0 amide bonds. The summed E-state index contributed by atoms with van der Waals surface area (Å²) in [6.07, 6.45) is 16.2. The lowest BCUT2D eigenvalue weighted by molar-refractivity contribution is 0.0681. The molecule has 4 N–H and O–H groups in total. The standard InChI is InChI=1S/2C33H30N2O5/c36-32(37)20-9-10-21(33(38)39)24(17-20)27-25-15-18-5-1-11-34-13-3-7-22(28(18)34)30(25)40-31-23-8-4-14-35-12-2-6-19(29(23)35)16-26(27)31;36-32(37)20-9-10-21(24(17-20)33(38)39)27-25-15-18-5-1-11-34-13-3-7-22(28(18)34)30(25)40-31-23-8-4-14-35-12-2-6-19(29(23)35)16-26(27)31/h2*9-10,15-17H,1-8,11-14H2,(H-,36,37,38,39)/p+2. The molecule has 6 aromatic rings. The molecule has 0 radical (unpaired) electrons. The van der Waals surface area contributed by atoms with E-state index in [1.807, 2.05) is 0 Å². The minimum absolute atomic E-state index is 0.00897. The Kier molecular flexibility index (Phi) is 11.4. The SMILES string of the molecule is O=C(O)c1ccc(C(=O)O)c(C2=c3cc4c5c(c3Oc3c2cc2c6c3CCCN6CCC2)CCC[N+]=5CCC4)c1.O=C(O)c1ccc(C2=c3cc4c5c(c3Oc3c2cc2c6c3CCCN6CCC2)CCC[N+]=5CCC4)c(C(=O)O)c1. The molecule has 0 unspecified atom stereocenters. The highest BCUT2D eigenvalue weighted by Gasteiger charge is 2.39. The van der Waals surface area contributed by atoms with Gasteiger partial charge in [0.2, 0.25) is 10.7 Å². The van der Waals surface area contributed by atoms with E-state index in [2.05, 4.69) is 43.2 Å². The molecule has 10 aliphatic rings. The molecule has 0 atom stereocenters. The molecule has 16 rings (SSSR count). The highest BCUT2D eigenvalue weighted by Crippen LogP contribution is 2.51. The van der Waals surface area contributed by atoms with Crippen molar-refractivity contribution >= 4 is 46.4 Å². The predicted octanol–water partition coefficient (Wildman–Crippen LogP) is 7.04. The molecule has 6 aromatic carbocycles. The van der Waals surface area contributed by atoms with Gasteiger partial charge in [-0.2, -0.15) is 0 Å². The minimum Gasteiger partial charge on any atom is -0.478 e. The molecule has 0 bridgehead atoms. The predicted molar refractivity (Wildman–Crippen MR) is 301 cm³/mol. The Morgan fingerprint density at radius 2 is 0.812 bits per heavy atom. The van der Waals surface area contributed by atoms with Crippen molar-refractivity contribution in [2.24, 2.45) is 0 Å². The summed E-state index contributed by atoms with van der Waals surface area (Å²) >= 11 is 0. The number of carbonyl (C=O) groups is 4. The quantitative estimate of drug-likeness (QED) is 0.125. The maximum atomic E-state index is 12.6. The topological polar surface area (TPSA) is 180 Å². The lowest BCUT2D eigenvalue weighted by atomic mass is 9.81. The highest BCUT2D eigenvalue weighted by molar-refractivity contribution is 6.03. The van der Waals surface area contributed by atoms with E-state index < -0.39 is 23.9 Å². The molecule has 0 spiro atoms. The molecule has 10 heterocycles. The first-order valence-corrected chi connectivity index (χ1v) is 29.1. The summed E-state index contributed by atoms with van der Waals surface area (Å²) in [7, 11) is 0. The van der Waals surface area contributed by atoms with E-state index >= 15 is 0 Å². The van der Waals surface area contributed by atoms with Crippen molar-refractivity contribution in [2.45, 2.75) is 103 Å². The van der Waals surface area contributed by atoms with Crippen LogP contribution in [-0.4, -0.2) is 96.7 Å². The van der Waals surface area contributed by atoms with Crippen LogP contribution < -0.4 is 49.6 Å². The van der Waals surface area contributed by atoms with Crippen LogP contribution in [0.1, 0.15) is 160 Å². The number of hydrogen-bond acceptors (Lipinski definition) is 8. The van der Waals surface area contributed by atoms with Crippen LogP contribution in [0.3, 0.4) is 0 Å². The van der Waals surface area contributed by atoms with Gasteiger partial charge in [0, 0.05) is 118 Å². The Labute approximate surface area is 461 Å². The number of anilines is 2. The molecule has 404 valence electrons. The molecule has 0 saturated heterocycles. The molecule has 10 aliphatic heterocycles. The fourth-order valence-electron chi connectivity index (χ4n) is 15.8. The normalized spacial score (nSPS) is 18.2. The molecule has 0 aromatic heterocycles. The Morgan fingerprint density at radius 1 is 0.388 bits per heavy atom. The van der Waals surface area contributed by atoms with E-state index in [1.54, 1.807) is 12.1 Å². The summed E-state index contributed by atoms with van der Waals surface area (Å²) in [5.41, 5.74) is 17.3. The van der Waals surface area contributed by atoms with Crippen molar-refractivity contribution in [1.82, 2.24) is 9.15 Å². The van der Waals surface area contributed by atoms with Gasteiger partial charge in [-0.1, -0.05) is 6.07 Å². The van der Waals surface area contributed by atoms with Gasteiger partial charge in [-0.15, -0.1) is 0 Å². The zero-order valence-corrected chi connectivity index (χ0v) is 44.8. The van der Waals surface area contributed by atoms with Gasteiger partial charge in [0.05, 0.1) is 33.4 Å². The molecule has 14 heteroatoms. The van der Waals surface area contributed by atoms with Crippen molar-refractivity contribution in [3.63, 3.8) is 0 Å². The van der Waals surface area contributed by atoms with Crippen molar-refractivity contribution in [2.75, 3.05) is 62.2 Å². The fourth-order valence-corrected chi connectivity index (χ4v) is 15.8. The summed E-state index contributed by atoms with van der Waals surface area (Å²) in [4.78, 5) is 54.1. The van der Waals surface area contributed by atoms with Crippen LogP contribution in [0.25, 0.3) is 11.1 Å². The number of carboxylic acids is 4. The van der Waals surface area contributed by atoms with Crippen molar-refractivity contribution in [3.8, 4) is 23.0 Å². The van der Waals surface area contributed by atoms with Gasteiger partial charge >= 0.3 is 23.9 Å². The third-order valence-corrected chi connectivity index (χ3v) is 18.9. The number of nitrogens with zero attached hydrogens (tertiary/aromatic N) is 4. The number of aromatic carboxylic acids is 4. The number of benzene rings is 6. The van der Waals surface area contributed by atoms with Crippen LogP contribution in [0.15, 0.2) is 60.7 Å². The average Bonchev–Trinajstić information content (AvgIpc) is 3.48. The Hall–Kier alpha value is -8.26. The van der Waals surface area contributed by atoms with E-state index in [-0.39, 0.29) is 22.3 Å². The van der Waals surface area contributed by atoms with Crippen LogP contribution in [0.2, 0.25) is 0 Å². The average molecular weight is 1070 g/mol. The Morgan fingerprint density at radius 3 is 1.30 bits per heavy atom. The first kappa shape index (κ1) is 48.8. The second-order valence-corrected chi connectivity index (χ2v) is 23.4. The molecule has 0 aliphatic carbocycles. The van der Waals surface area contributed by atoms with Crippen molar-refractivity contribution in [1.29, 1.82) is 0 Å². The summed E-state index contributed by atoms with van der Waals surface area (Å²) in [6, 6.07) is 17.8. The molecular weight excluding hydrogens is 1010 g/mol. The maximum absolute atomic E-state index is 12.6. The number of hydrogen-bond donors (Lipinski definition) is 4. The maximum Gasteiger partial charge on any atom is 0.336 e. The van der Waals surface area contributed by atoms with Crippen LogP contribution in [0.5, 0.6) is 23.0 Å². The van der Waals surface area contributed by atoms with Crippen LogP contribution in [0, 0.1) is 0 Å². The third-order valence-electron chi connectivity index (χ3n) is 18.9. The zero-order chi connectivity index (χ0) is 54.2. The van der Waals surface area contributed by atoms with E-state index in [9.17, 15) is 39.6 Å². The lowest BCUT2D eigenvalue weighted by Crippen LogP contribution is -2.45. The first-order valence-electron chi connectivity index (χ1n) is 29.1. The number of fused-ring (bicyclic) bond motifs is 8. The van der Waals surface area contributed by atoms with Gasteiger partial charge in [0.15, 0.2) is 0 Å². The number of aryl methyl sites for hydroxylation is 4. The Bertz CT molecular complexity index is 4130. The van der Waals surface area contributed by atoms with Crippen molar-refractivity contribution in [3.05, 3.63) is 171 Å².